The highest BCUT2D eigenvalue weighted by Gasteiger charge is 2.66. The number of hydrogen-bond acceptors (Lipinski definition) is 6. The number of carbonyl (C=O) groups excluding carboxylic acids is 1. The molecule has 2 aliphatic carbocycles. The van der Waals surface area contributed by atoms with E-state index < -0.39 is 10.0 Å². The van der Waals surface area contributed by atoms with Crippen LogP contribution in [0, 0.1) is 5.92 Å². The molecule has 7 nitrogen and oxygen atoms in total. The number of rotatable bonds is 8. The summed E-state index contributed by atoms with van der Waals surface area (Å²) >= 11 is 0. The molecule has 0 radical (unpaired) electrons. The molecule has 42 heavy (non-hydrogen) atoms. The van der Waals surface area contributed by atoms with Gasteiger partial charge in [0.25, 0.3) is 0 Å². The smallest absolute Gasteiger partial charge is 0.308 e. The number of likely N-dealkylation sites (tertiary alicyclic amines) is 1. The van der Waals surface area contributed by atoms with Crippen LogP contribution < -0.4 is 9.47 Å². The second-order valence-electron chi connectivity index (χ2n) is 12.4. The van der Waals surface area contributed by atoms with Crippen LogP contribution >= 0.6 is 0 Å². The SMILES string of the molecule is CC(=O)Oc1ccc2c3c1C[C@@H]1[C@@H]4CC[C@H](N(C)S(=O)(=O)Cc5ccccc5)[C@H](O2)[C@]34CCN1CCc1ccccc1. The van der Waals surface area contributed by atoms with Gasteiger partial charge < -0.3 is 9.47 Å². The fourth-order valence-electron chi connectivity index (χ4n) is 8.51. The first-order valence-electron chi connectivity index (χ1n) is 15.1. The maximum atomic E-state index is 13.7. The van der Waals surface area contributed by atoms with Crippen LogP contribution in [0.5, 0.6) is 11.5 Å². The number of carbonyl (C=O) groups is 1. The van der Waals surface area contributed by atoms with Gasteiger partial charge in [0.1, 0.15) is 17.6 Å². The van der Waals surface area contributed by atoms with E-state index in [1.54, 1.807) is 11.4 Å². The van der Waals surface area contributed by atoms with E-state index in [4.69, 9.17) is 9.47 Å². The lowest BCUT2D eigenvalue weighted by Gasteiger charge is -2.60. The molecule has 0 unspecified atom stereocenters. The van der Waals surface area contributed by atoms with Gasteiger partial charge in [0.2, 0.25) is 10.0 Å². The van der Waals surface area contributed by atoms with Gasteiger partial charge in [0.15, 0.2) is 0 Å². The molecule has 5 atom stereocenters. The minimum absolute atomic E-state index is 0.0331. The zero-order chi connectivity index (χ0) is 29.1. The molecule has 7 rings (SSSR count). The predicted octanol–water partition coefficient (Wildman–Crippen LogP) is 4.72. The van der Waals surface area contributed by atoms with Crippen LogP contribution in [0.15, 0.2) is 72.8 Å². The quantitative estimate of drug-likeness (QED) is 0.281. The summed E-state index contributed by atoms with van der Waals surface area (Å²) in [4.78, 5) is 14.7. The van der Waals surface area contributed by atoms with Crippen LogP contribution in [0.25, 0.3) is 0 Å². The Morgan fingerprint density at radius 3 is 2.45 bits per heavy atom. The Hall–Kier alpha value is -3.20. The maximum Gasteiger partial charge on any atom is 0.308 e. The molecule has 1 saturated heterocycles. The van der Waals surface area contributed by atoms with Crippen molar-refractivity contribution in [1.82, 2.24) is 9.21 Å². The minimum atomic E-state index is -3.58. The standard InChI is InChI=1S/C34H38N2O5S/c1-23(37)40-30-15-16-31-32-26(30)21-29-27-13-14-28(35(2)42(38,39)22-25-11-7-4-8-12-25)33(41-31)34(27,32)18-20-36(29)19-17-24-9-5-3-6-10-24/h3-12,15-16,27-29,33H,13-14,17-22H2,1-2H3/t27-,28-,29+,33-,34-/m0/s1. The normalized spacial score (nSPS) is 27.8. The minimum Gasteiger partial charge on any atom is -0.487 e. The van der Waals surface area contributed by atoms with Crippen molar-refractivity contribution in [3.8, 4) is 11.5 Å². The first kappa shape index (κ1) is 27.6. The molecule has 0 N–H and O–H groups in total. The molecule has 220 valence electrons. The second kappa shape index (κ2) is 10.5. The topological polar surface area (TPSA) is 76.1 Å². The van der Waals surface area contributed by atoms with E-state index in [0.717, 1.165) is 67.6 Å². The molecule has 3 aromatic rings. The van der Waals surface area contributed by atoms with Gasteiger partial charge in [-0.1, -0.05) is 60.7 Å². The zero-order valence-electron chi connectivity index (χ0n) is 24.2. The molecule has 1 saturated carbocycles. The molecular weight excluding hydrogens is 548 g/mol. The van der Waals surface area contributed by atoms with E-state index in [9.17, 15) is 13.2 Å². The van der Waals surface area contributed by atoms with Crippen molar-refractivity contribution in [2.24, 2.45) is 5.92 Å². The first-order valence-corrected chi connectivity index (χ1v) is 16.7. The summed E-state index contributed by atoms with van der Waals surface area (Å²) in [5.74, 6) is 1.42. The Balaban J connectivity index is 1.25. The lowest BCUT2D eigenvalue weighted by Crippen LogP contribution is -2.69. The Morgan fingerprint density at radius 2 is 1.74 bits per heavy atom. The molecule has 2 bridgehead atoms. The fraction of sp³-hybridized carbons (Fsp3) is 0.441. The third kappa shape index (κ3) is 4.46. The number of hydrogen-bond donors (Lipinski definition) is 0. The third-order valence-corrected chi connectivity index (χ3v) is 12.1. The van der Waals surface area contributed by atoms with Gasteiger partial charge in [0.05, 0.1) is 11.8 Å². The molecule has 2 fully saturated rings. The van der Waals surface area contributed by atoms with E-state index >= 15 is 0 Å². The van der Waals surface area contributed by atoms with Gasteiger partial charge in [0, 0.05) is 43.1 Å². The average molecular weight is 587 g/mol. The first-order chi connectivity index (χ1) is 20.3. The number of ether oxygens (including phenoxy) is 2. The molecule has 1 spiro atoms. The summed E-state index contributed by atoms with van der Waals surface area (Å²) in [7, 11) is -1.85. The Labute approximate surface area is 248 Å². The summed E-state index contributed by atoms with van der Waals surface area (Å²) < 4.78 is 41.7. The zero-order valence-corrected chi connectivity index (χ0v) is 25.1. The predicted molar refractivity (Wildman–Crippen MR) is 161 cm³/mol. The van der Waals surface area contributed by atoms with Crippen molar-refractivity contribution >= 4 is 16.0 Å². The lowest BCUT2D eigenvalue weighted by atomic mass is 9.51. The van der Waals surface area contributed by atoms with Crippen LogP contribution in [0.2, 0.25) is 0 Å². The molecule has 2 aliphatic heterocycles. The summed E-state index contributed by atoms with van der Waals surface area (Å²) in [6.45, 7) is 3.33. The fourth-order valence-corrected chi connectivity index (χ4v) is 9.95. The molecule has 8 heteroatoms. The van der Waals surface area contributed by atoms with E-state index in [-0.39, 0.29) is 35.3 Å². The largest absolute Gasteiger partial charge is 0.487 e. The number of benzene rings is 3. The van der Waals surface area contributed by atoms with Crippen LogP contribution in [0.4, 0.5) is 0 Å². The summed E-state index contributed by atoms with van der Waals surface area (Å²) in [6, 6.07) is 23.8. The molecule has 0 amide bonds. The Morgan fingerprint density at radius 1 is 1.02 bits per heavy atom. The van der Waals surface area contributed by atoms with Gasteiger partial charge in [-0.25, -0.2) is 8.42 Å². The Kier molecular flexibility index (Phi) is 6.91. The monoisotopic (exact) mass is 586 g/mol. The number of sulfonamides is 1. The van der Waals surface area contributed by atoms with Gasteiger partial charge >= 0.3 is 5.97 Å². The van der Waals surface area contributed by atoms with Gasteiger partial charge in [-0.05, 0) is 67.8 Å². The van der Waals surface area contributed by atoms with Gasteiger partial charge in [-0.15, -0.1) is 0 Å². The molecule has 4 aliphatic rings. The second-order valence-corrected chi connectivity index (χ2v) is 14.4. The summed E-state index contributed by atoms with van der Waals surface area (Å²) in [6.07, 6.45) is 4.07. The Bertz CT molecular complexity index is 1590. The molecule has 0 aromatic heterocycles. The third-order valence-electron chi connectivity index (χ3n) is 10.3. The van der Waals surface area contributed by atoms with Gasteiger partial charge in [-0.2, -0.15) is 4.31 Å². The number of likely N-dealkylation sites (N-methyl/N-ethyl adjacent to an activating group) is 1. The van der Waals surface area contributed by atoms with Crippen LogP contribution in [0.1, 0.15) is 48.4 Å². The number of piperidine rings is 1. The summed E-state index contributed by atoms with van der Waals surface area (Å²) in [5, 5.41) is 0. The van der Waals surface area contributed by atoms with Crippen molar-refractivity contribution in [1.29, 1.82) is 0 Å². The van der Waals surface area contributed by atoms with Crippen molar-refractivity contribution in [2.45, 2.75) is 68.4 Å². The average Bonchev–Trinajstić information content (AvgIpc) is 3.31. The maximum absolute atomic E-state index is 13.7. The molecule has 3 aromatic carbocycles. The number of esters is 1. The van der Waals surface area contributed by atoms with Crippen LogP contribution in [-0.2, 0) is 38.8 Å². The van der Waals surface area contributed by atoms with Crippen LogP contribution in [0.3, 0.4) is 0 Å². The number of nitrogens with zero attached hydrogens (tertiary/aromatic N) is 2. The van der Waals surface area contributed by atoms with Crippen molar-refractivity contribution < 1.29 is 22.7 Å². The van der Waals surface area contributed by atoms with Crippen LogP contribution in [-0.4, -0.2) is 61.9 Å². The van der Waals surface area contributed by atoms with E-state index in [1.807, 2.05) is 42.5 Å². The lowest BCUT2D eigenvalue weighted by molar-refractivity contribution is -0.132. The van der Waals surface area contributed by atoms with E-state index in [0.29, 0.717) is 11.7 Å². The van der Waals surface area contributed by atoms with Gasteiger partial charge in [-0.3, -0.25) is 9.69 Å². The van der Waals surface area contributed by atoms with E-state index in [2.05, 4.69) is 35.2 Å². The highest BCUT2D eigenvalue weighted by molar-refractivity contribution is 7.88. The van der Waals surface area contributed by atoms with Crippen molar-refractivity contribution in [3.05, 3.63) is 95.1 Å². The van der Waals surface area contributed by atoms with Crippen molar-refractivity contribution in [2.75, 3.05) is 20.1 Å². The van der Waals surface area contributed by atoms with Crippen molar-refractivity contribution in [3.63, 3.8) is 0 Å². The highest BCUT2D eigenvalue weighted by atomic mass is 32.2. The molecular formula is C34H38N2O5S. The molecule has 2 heterocycles. The summed E-state index contributed by atoms with van der Waals surface area (Å²) in [5.41, 5.74) is 4.02. The van der Waals surface area contributed by atoms with E-state index in [1.165, 1.54) is 12.5 Å². The highest BCUT2D eigenvalue weighted by Crippen LogP contribution is 2.64.